The molecule has 0 aliphatic carbocycles. The summed E-state index contributed by atoms with van der Waals surface area (Å²) < 4.78 is 47.5. The van der Waals surface area contributed by atoms with Crippen LogP contribution in [0.5, 0.6) is 5.75 Å². The molecule has 1 aromatic rings. The van der Waals surface area contributed by atoms with Crippen LogP contribution in [-0.4, -0.2) is 55.9 Å². The van der Waals surface area contributed by atoms with Crippen LogP contribution in [0.25, 0.3) is 0 Å². The van der Waals surface area contributed by atoms with E-state index in [1.807, 2.05) is 6.92 Å². The van der Waals surface area contributed by atoms with Crippen LogP contribution in [0, 0.1) is 13.8 Å². The van der Waals surface area contributed by atoms with E-state index in [1.54, 1.807) is 37.9 Å². The molecule has 2 atom stereocenters. The average Bonchev–Trinajstić information content (AvgIpc) is 2.52. The maximum atomic E-state index is 12.6. The fraction of sp³-hybridized carbons (Fsp3) is 0.611. The molecule has 2 rings (SSSR count). The van der Waals surface area contributed by atoms with Crippen molar-refractivity contribution in [3.05, 3.63) is 28.8 Å². The van der Waals surface area contributed by atoms with Gasteiger partial charge in [0.1, 0.15) is 11.8 Å². The van der Waals surface area contributed by atoms with Crippen LogP contribution in [0.4, 0.5) is 13.2 Å². The van der Waals surface area contributed by atoms with Crippen LogP contribution in [0.15, 0.2) is 12.1 Å². The average molecular weight is 374 g/mol. The van der Waals surface area contributed by atoms with Gasteiger partial charge in [0.05, 0.1) is 12.7 Å². The molecule has 0 unspecified atom stereocenters. The number of carbonyl (C=O) groups excluding carboxylic acids is 1. The van der Waals surface area contributed by atoms with Gasteiger partial charge in [-0.25, -0.2) is 0 Å². The lowest BCUT2D eigenvalue weighted by Crippen LogP contribution is -2.55. The van der Waals surface area contributed by atoms with E-state index in [-0.39, 0.29) is 17.8 Å². The fourth-order valence-corrected chi connectivity index (χ4v) is 3.11. The van der Waals surface area contributed by atoms with Crippen molar-refractivity contribution < 1.29 is 27.4 Å². The number of alkyl halides is 3. The molecule has 1 aliphatic rings. The van der Waals surface area contributed by atoms with Gasteiger partial charge in [-0.15, -0.1) is 0 Å². The molecule has 1 amide bonds. The number of aryl methyl sites for hydroxylation is 2. The second-order valence-corrected chi connectivity index (χ2v) is 6.66. The molecule has 1 aliphatic heterocycles. The van der Waals surface area contributed by atoms with Gasteiger partial charge >= 0.3 is 6.18 Å². The summed E-state index contributed by atoms with van der Waals surface area (Å²) in [5.41, 5.74) is 2.05. The van der Waals surface area contributed by atoms with Crippen molar-refractivity contribution in [2.75, 3.05) is 26.8 Å². The van der Waals surface area contributed by atoms with Crippen molar-refractivity contribution in [1.82, 2.24) is 10.2 Å². The lowest BCUT2D eigenvalue weighted by Gasteiger charge is -2.32. The fourth-order valence-electron chi connectivity index (χ4n) is 3.11. The molecule has 1 aromatic carbocycles. The lowest BCUT2D eigenvalue weighted by molar-refractivity contribution is -0.153. The molecular formula is C18H25F3N2O3. The number of ether oxygens (including phenoxy) is 2. The zero-order valence-electron chi connectivity index (χ0n) is 15.4. The number of amides is 1. The molecule has 0 radical (unpaired) electrons. The normalized spacial score (nSPS) is 20.7. The van der Waals surface area contributed by atoms with E-state index in [1.165, 1.54) is 0 Å². The van der Waals surface area contributed by atoms with E-state index in [9.17, 15) is 18.0 Å². The number of nitrogens with one attached hydrogen (secondary N) is 1. The number of rotatable bonds is 5. The Kier molecular flexibility index (Phi) is 6.52. The summed E-state index contributed by atoms with van der Waals surface area (Å²) in [7, 11) is 1.70. The third-order valence-electron chi connectivity index (χ3n) is 4.28. The number of morpholine rings is 1. The first-order valence-corrected chi connectivity index (χ1v) is 8.48. The Morgan fingerprint density at radius 3 is 2.50 bits per heavy atom. The Balaban J connectivity index is 2.06. The van der Waals surface area contributed by atoms with Crippen LogP contribution < -0.4 is 10.1 Å². The maximum absolute atomic E-state index is 12.6. The lowest BCUT2D eigenvalue weighted by atomic mass is 10.0. The molecule has 0 aromatic heterocycles. The molecule has 1 saturated heterocycles. The number of hydrogen-bond acceptors (Lipinski definition) is 4. The smallest absolute Gasteiger partial charge is 0.422 e. The molecule has 26 heavy (non-hydrogen) atoms. The van der Waals surface area contributed by atoms with Crippen molar-refractivity contribution in [2.45, 2.75) is 45.6 Å². The number of nitrogens with zero attached hydrogens (tertiary/aromatic N) is 1. The van der Waals surface area contributed by atoms with Gasteiger partial charge in [0, 0.05) is 20.1 Å². The zero-order valence-corrected chi connectivity index (χ0v) is 15.4. The standard InChI is InChI=1S/C18H25F3N2O3/c1-11-7-14(8-12(2)16(11)26-10-18(19,20)21)9-23(4)17(24)15-13(3)25-6-5-22-15/h7-8,13,15,22H,5-6,9-10H2,1-4H3/t13-,15+/m1/s1. The molecular weight excluding hydrogens is 349 g/mol. The SMILES string of the molecule is Cc1cc(CN(C)C(=O)[C@H]2NCCO[C@@H]2C)cc(C)c1OCC(F)(F)F. The minimum absolute atomic E-state index is 0.0788. The topological polar surface area (TPSA) is 50.8 Å². The van der Waals surface area contributed by atoms with E-state index in [4.69, 9.17) is 9.47 Å². The highest BCUT2D eigenvalue weighted by atomic mass is 19.4. The van der Waals surface area contributed by atoms with Gasteiger partial charge in [-0.05, 0) is 37.5 Å². The highest BCUT2D eigenvalue weighted by Gasteiger charge is 2.31. The van der Waals surface area contributed by atoms with E-state index < -0.39 is 18.8 Å². The molecule has 0 saturated carbocycles. The van der Waals surface area contributed by atoms with Crippen molar-refractivity contribution >= 4 is 5.91 Å². The molecule has 1 fully saturated rings. The monoisotopic (exact) mass is 374 g/mol. The van der Waals surface area contributed by atoms with E-state index in [0.717, 1.165) is 5.56 Å². The summed E-state index contributed by atoms with van der Waals surface area (Å²) in [4.78, 5) is 14.2. The van der Waals surface area contributed by atoms with Crippen molar-refractivity contribution in [3.8, 4) is 5.75 Å². The predicted molar refractivity (Wildman–Crippen MR) is 91.1 cm³/mol. The molecule has 0 spiro atoms. The molecule has 1 heterocycles. The zero-order chi connectivity index (χ0) is 19.5. The summed E-state index contributed by atoms with van der Waals surface area (Å²) >= 11 is 0. The molecule has 5 nitrogen and oxygen atoms in total. The van der Waals surface area contributed by atoms with Crippen LogP contribution in [-0.2, 0) is 16.1 Å². The summed E-state index contributed by atoms with van der Waals surface area (Å²) in [5.74, 6) is 0.154. The third-order valence-corrected chi connectivity index (χ3v) is 4.28. The second-order valence-electron chi connectivity index (χ2n) is 6.66. The Labute approximate surface area is 151 Å². The van der Waals surface area contributed by atoms with Crippen molar-refractivity contribution in [2.24, 2.45) is 0 Å². The van der Waals surface area contributed by atoms with Gasteiger partial charge in [0.2, 0.25) is 5.91 Å². The van der Waals surface area contributed by atoms with Gasteiger partial charge in [-0.1, -0.05) is 12.1 Å². The van der Waals surface area contributed by atoms with Crippen LogP contribution in [0.1, 0.15) is 23.6 Å². The predicted octanol–water partition coefficient (Wildman–Crippen LogP) is 2.58. The maximum Gasteiger partial charge on any atom is 0.422 e. The minimum Gasteiger partial charge on any atom is -0.484 e. The second kappa shape index (κ2) is 8.26. The number of hydrogen-bond donors (Lipinski definition) is 1. The van der Waals surface area contributed by atoms with Crippen LogP contribution >= 0.6 is 0 Å². The van der Waals surface area contributed by atoms with E-state index in [2.05, 4.69) is 5.32 Å². The Morgan fingerprint density at radius 2 is 1.96 bits per heavy atom. The molecule has 146 valence electrons. The Morgan fingerprint density at radius 1 is 1.35 bits per heavy atom. The Hall–Kier alpha value is -1.80. The number of halogens is 3. The van der Waals surface area contributed by atoms with Crippen LogP contribution in [0.2, 0.25) is 0 Å². The number of likely N-dealkylation sites (N-methyl/N-ethyl adjacent to an activating group) is 1. The molecule has 0 bridgehead atoms. The van der Waals surface area contributed by atoms with E-state index in [0.29, 0.717) is 30.8 Å². The third kappa shape index (κ3) is 5.35. The van der Waals surface area contributed by atoms with Crippen molar-refractivity contribution in [1.29, 1.82) is 0 Å². The largest absolute Gasteiger partial charge is 0.484 e. The summed E-state index contributed by atoms with van der Waals surface area (Å²) in [5, 5.41) is 3.16. The number of carbonyl (C=O) groups is 1. The summed E-state index contributed by atoms with van der Waals surface area (Å²) in [6, 6.07) is 3.10. The van der Waals surface area contributed by atoms with Gasteiger partial charge < -0.3 is 19.7 Å². The first kappa shape index (κ1) is 20.5. The van der Waals surface area contributed by atoms with Gasteiger partial charge in [0.25, 0.3) is 0 Å². The van der Waals surface area contributed by atoms with Gasteiger partial charge in [0.15, 0.2) is 6.61 Å². The highest BCUT2D eigenvalue weighted by Crippen LogP contribution is 2.27. The minimum atomic E-state index is -4.38. The Bertz CT molecular complexity index is 626. The number of benzene rings is 1. The first-order chi connectivity index (χ1) is 12.1. The first-order valence-electron chi connectivity index (χ1n) is 8.48. The summed E-state index contributed by atoms with van der Waals surface area (Å²) in [6.45, 7) is 5.47. The molecule has 1 N–H and O–H groups in total. The van der Waals surface area contributed by atoms with Crippen molar-refractivity contribution in [3.63, 3.8) is 0 Å². The summed E-state index contributed by atoms with van der Waals surface area (Å²) in [6.07, 6.45) is -4.59. The molecule has 8 heteroatoms. The van der Waals surface area contributed by atoms with Gasteiger partial charge in [-0.3, -0.25) is 4.79 Å². The quantitative estimate of drug-likeness (QED) is 0.861. The van der Waals surface area contributed by atoms with Gasteiger partial charge in [-0.2, -0.15) is 13.2 Å². The van der Waals surface area contributed by atoms with Crippen LogP contribution in [0.3, 0.4) is 0 Å². The highest BCUT2D eigenvalue weighted by molar-refractivity contribution is 5.82. The van der Waals surface area contributed by atoms with E-state index >= 15 is 0 Å².